The Labute approximate surface area is 139 Å². The van der Waals surface area contributed by atoms with E-state index in [9.17, 15) is 0 Å². The highest BCUT2D eigenvalue weighted by Crippen LogP contribution is 2.29. The highest BCUT2D eigenvalue weighted by Gasteiger charge is 2.21. The van der Waals surface area contributed by atoms with E-state index in [2.05, 4.69) is 10.5 Å². The Bertz CT molecular complexity index is 625. The highest BCUT2D eigenvalue weighted by molar-refractivity contribution is 6.42. The summed E-state index contributed by atoms with van der Waals surface area (Å²) in [6, 6.07) is 5.55. The molecule has 1 heterocycles. The quantitative estimate of drug-likeness (QED) is 0.630. The summed E-state index contributed by atoms with van der Waals surface area (Å²) in [5.41, 5.74) is 4.68. The number of nitrogens with one attached hydrogen (secondary N) is 1. The molecule has 0 spiro atoms. The first kappa shape index (κ1) is 16.6. The summed E-state index contributed by atoms with van der Waals surface area (Å²) in [4.78, 5) is 0. The fourth-order valence-corrected chi connectivity index (χ4v) is 2.81. The van der Waals surface area contributed by atoms with Crippen LogP contribution in [0.5, 0.6) is 0 Å². The molecule has 2 aromatic rings. The van der Waals surface area contributed by atoms with Crippen molar-refractivity contribution in [1.29, 1.82) is 0 Å². The van der Waals surface area contributed by atoms with Crippen molar-refractivity contribution in [2.24, 2.45) is 5.84 Å². The van der Waals surface area contributed by atoms with Crippen molar-refractivity contribution in [1.82, 2.24) is 15.2 Å². The van der Waals surface area contributed by atoms with Gasteiger partial charge in [-0.05, 0) is 38.0 Å². The van der Waals surface area contributed by atoms with Crippen LogP contribution in [-0.2, 0) is 6.42 Å². The number of nitrogens with zero attached hydrogens (tertiary/aromatic N) is 2. The zero-order valence-electron chi connectivity index (χ0n) is 11.8. The van der Waals surface area contributed by atoms with Crippen LogP contribution in [0.15, 0.2) is 24.4 Å². The normalized spacial score (nSPS) is 12.9. The fraction of sp³-hybridized carbons (Fsp3) is 0.357. The number of hydrogen-bond donors (Lipinski definition) is 2. The van der Waals surface area contributed by atoms with E-state index in [1.807, 2.05) is 30.7 Å². The van der Waals surface area contributed by atoms with E-state index < -0.39 is 0 Å². The maximum absolute atomic E-state index is 6.26. The largest absolute Gasteiger partial charge is 0.271 e. The fourth-order valence-electron chi connectivity index (χ4n) is 2.23. The van der Waals surface area contributed by atoms with Crippen molar-refractivity contribution in [3.05, 3.63) is 50.7 Å². The van der Waals surface area contributed by atoms with E-state index >= 15 is 0 Å². The average molecular weight is 348 g/mol. The van der Waals surface area contributed by atoms with Gasteiger partial charge in [-0.1, -0.05) is 40.9 Å². The second kappa shape index (κ2) is 6.99. The van der Waals surface area contributed by atoms with Crippen LogP contribution in [0.2, 0.25) is 15.1 Å². The second-order valence-electron chi connectivity index (χ2n) is 5.09. The van der Waals surface area contributed by atoms with Gasteiger partial charge in [0.1, 0.15) is 0 Å². The summed E-state index contributed by atoms with van der Waals surface area (Å²) in [6.45, 7) is 4.08. The molecule has 2 rings (SSSR count). The summed E-state index contributed by atoms with van der Waals surface area (Å²) in [5.74, 6) is 5.71. The van der Waals surface area contributed by atoms with Gasteiger partial charge in [0.25, 0.3) is 0 Å². The zero-order chi connectivity index (χ0) is 15.6. The molecule has 0 saturated heterocycles. The SMILES string of the molecule is CC(C)n1ncc(Cl)c1C(Cc1ccc(Cl)c(Cl)c1)NN. The number of benzene rings is 1. The maximum Gasteiger partial charge on any atom is 0.0834 e. The minimum absolute atomic E-state index is 0.167. The van der Waals surface area contributed by atoms with Gasteiger partial charge < -0.3 is 0 Å². The second-order valence-corrected chi connectivity index (χ2v) is 6.31. The van der Waals surface area contributed by atoms with Crippen LogP contribution >= 0.6 is 34.8 Å². The smallest absolute Gasteiger partial charge is 0.0834 e. The van der Waals surface area contributed by atoms with Gasteiger partial charge in [0, 0.05) is 6.04 Å². The van der Waals surface area contributed by atoms with E-state index in [0.29, 0.717) is 21.5 Å². The summed E-state index contributed by atoms with van der Waals surface area (Å²) >= 11 is 18.2. The minimum Gasteiger partial charge on any atom is -0.271 e. The highest BCUT2D eigenvalue weighted by atomic mass is 35.5. The molecule has 0 aliphatic rings. The molecule has 0 aliphatic heterocycles. The number of hydrogen-bond acceptors (Lipinski definition) is 3. The van der Waals surface area contributed by atoms with Crippen LogP contribution in [0.3, 0.4) is 0 Å². The van der Waals surface area contributed by atoms with E-state index in [1.54, 1.807) is 12.3 Å². The molecule has 1 atom stereocenters. The van der Waals surface area contributed by atoms with Gasteiger partial charge in [-0.15, -0.1) is 0 Å². The van der Waals surface area contributed by atoms with E-state index in [4.69, 9.17) is 40.6 Å². The van der Waals surface area contributed by atoms with Crippen LogP contribution in [0.4, 0.5) is 0 Å². The molecular formula is C14H17Cl3N4. The molecule has 1 aromatic heterocycles. The van der Waals surface area contributed by atoms with Crippen molar-refractivity contribution in [3.8, 4) is 0 Å². The summed E-state index contributed by atoms with van der Waals surface area (Å²) < 4.78 is 1.87. The van der Waals surface area contributed by atoms with E-state index in [1.165, 1.54) is 0 Å². The van der Waals surface area contributed by atoms with E-state index in [0.717, 1.165) is 11.3 Å². The summed E-state index contributed by atoms with van der Waals surface area (Å²) in [5, 5.41) is 5.94. The first-order valence-corrected chi connectivity index (χ1v) is 7.70. The molecule has 1 aromatic carbocycles. The molecule has 114 valence electrons. The molecule has 0 aliphatic carbocycles. The van der Waals surface area contributed by atoms with Crippen molar-refractivity contribution in [2.45, 2.75) is 32.4 Å². The monoisotopic (exact) mass is 346 g/mol. The van der Waals surface area contributed by atoms with Gasteiger partial charge >= 0.3 is 0 Å². The van der Waals surface area contributed by atoms with Gasteiger partial charge in [0.2, 0.25) is 0 Å². The van der Waals surface area contributed by atoms with Gasteiger partial charge in [-0.2, -0.15) is 5.10 Å². The molecule has 0 radical (unpaired) electrons. The zero-order valence-corrected chi connectivity index (χ0v) is 14.0. The lowest BCUT2D eigenvalue weighted by Crippen LogP contribution is -2.32. The third-order valence-electron chi connectivity index (χ3n) is 3.23. The first-order valence-electron chi connectivity index (χ1n) is 6.57. The number of halogens is 3. The van der Waals surface area contributed by atoms with Crippen molar-refractivity contribution < 1.29 is 0 Å². The Balaban J connectivity index is 2.32. The predicted molar refractivity (Wildman–Crippen MR) is 87.9 cm³/mol. The van der Waals surface area contributed by atoms with E-state index in [-0.39, 0.29) is 12.1 Å². The minimum atomic E-state index is -0.167. The number of nitrogens with two attached hydrogens (primary N) is 1. The standard InChI is InChI=1S/C14H17Cl3N4/c1-8(2)21-14(12(17)7-19-21)13(20-18)6-9-3-4-10(15)11(16)5-9/h3-5,7-8,13,20H,6,18H2,1-2H3. The third-order valence-corrected chi connectivity index (χ3v) is 4.26. The summed E-state index contributed by atoms with van der Waals surface area (Å²) in [7, 11) is 0. The molecule has 0 amide bonds. The van der Waals surface area contributed by atoms with Crippen molar-refractivity contribution >= 4 is 34.8 Å². The molecule has 3 N–H and O–H groups in total. The predicted octanol–water partition coefficient (Wildman–Crippen LogP) is 4.17. The number of aromatic nitrogens is 2. The lowest BCUT2D eigenvalue weighted by Gasteiger charge is -2.20. The van der Waals surface area contributed by atoms with Crippen LogP contribution < -0.4 is 11.3 Å². The Morgan fingerprint density at radius 1 is 1.19 bits per heavy atom. The van der Waals surface area contributed by atoms with Gasteiger partial charge in [0.15, 0.2) is 0 Å². The Hall–Kier alpha value is -0.780. The molecule has 21 heavy (non-hydrogen) atoms. The van der Waals surface area contributed by atoms with Crippen LogP contribution in [0.1, 0.15) is 37.2 Å². The molecule has 0 fully saturated rings. The lowest BCUT2D eigenvalue weighted by molar-refractivity contribution is 0.448. The van der Waals surface area contributed by atoms with Gasteiger partial charge in [-0.3, -0.25) is 16.0 Å². The van der Waals surface area contributed by atoms with Crippen LogP contribution in [-0.4, -0.2) is 9.78 Å². The molecule has 7 heteroatoms. The lowest BCUT2D eigenvalue weighted by atomic mass is 10.0. The Morgan fingerprint density at radius 2 is 1.90 bits per heavy atom. The third kappa shape index (κ3) is 3.71. The topological polar surface area (TPSA) is 55.9 Å². The summed E-state index contributed by atoms with van der Waals surface area (Å²) in [6.07, 6.45) is 2.27. The molecule has 4 nitrogen and oxygen atoms in total. The van der Waals surface area contributed by atoms with Crippen molar-refractivity contribution in [3.63, 3.8) is 0 Å². The Morgan fingerprint density at radius 3 is 2.48 bits per heavy atom. The Kier molecular flexibility index (Phi) is 5.52. The molecule has 1 unspecified atom stereocenters. The average Bonchev–Trinajstić information content (AvgIpc) is 2.82. The molecule has 0 bridgehead atoms. The van der Waals surface area contributed by atoms with Crippen molar-refractivity contribution in [2.75, 3.05) is 0 Å². The number of rotatable bonds is 5. The number of hydrazine groups is 1. The van der Waals surface area contributed by atoms with Gasteiger partial charge in [-0.25, -0.2) is 0 Å². The first-order chi connectivity index (χ1) is 9.93. The molecular weight excluding hydrogens is 331 g/mol. The van der Waals surface area contributed by atoms with Gasteiger partial charge in [0.05, 0.1) is 33.0 Å². The van der Waals surface area contributed by atoms with Crippen LogP contribution in [0.25, 0.3) is 0 Å². The molecule has 0 saturated carbocycles. The van der Waals surface area contributed by atoms with Crippen LogP contribution in [0, 0.1) is 0 Å². The maximum atomic E-state index is 6.26.